The molecule has 0 spiro atoms. The third-order valence-electron chi connectivity index (χ3n) is 3.53. The highest BCUT2D eigenvalue weighted by Crippen LogP contribution is 2.16. The first-order chi connectivity index (χ1) is 11.6. The third kappa shape index (κ3) is 4.07. The Morgan fingerprint density at radius 2 is 1.88 bits per heavy atom. The number of nitrogens with zero attached hydrogens (tertiary/aromatic N) is 1. The molecule has 0 radical (unpaired) electrons. The smallest absolute Gasteiger partial charge is 0.328 e. The number of benzene rings is 1. The molecule has 7 heteroatoms. The van der Waals surface area contributed by atoms with Crippen molar-refractivity contribution in [3.63, 3.8) is 0 Å². The average Bonchev–Trinajstić information content (AvgIpc) is 2.63. The van der Waals surface area contributed by atoms with Crippen molar-refractivity contribution in [3.05, 3.63) is 42.1 Å². The molecule has 0 saturated heterocycles. The molecule has 2 rings (SSSR count). The van der Waals surface area contributed by atoms with Crippen molar-refractivity contribution in [2.75, 3.05) is 14.2 Å². The van der Waals surface area contributed by atoms with E-state index in [1.807, 2.05) is 12.1 Å². The molecule has 0 aliphatic rings. The monoisotopic (exact) mass is 330 g/mol. The minimum absolute atomic E-state index is 0.00959. The van der Waals surface area contributed by atoms with Crippen LogP contribution >= 0.6 is 0 Å². The predicted molar refractivity (Wildman–Crippen MR) is 86.3 cm³/mol. The lowest BCUT2D eigenvalue weighted by atomic mass is 10.1. The molecule has 1 N–H and O–H groups in total. The molecular weight excluding hydrogens is 312 g/mol. The number of ether oxygens (including phenoxy) is 2. The summed E-state index contributed by atoms with van der Waals surface area (Å²) in [6.07, 6.45) is 1.67. The van der Waals surface area contributed by atoms with Crippen molar-refractivity contribution in [3.8, 4) is 0 Å². The number of esters is 2. The molecule has 1 aromatic carbocycles. The number of rotatable bonds is 6. The zero-order valence-electron chi connectivity index (χ0n) is 13.4. The van der Waals surface area contributed by atoms with Gasteiger partial charge in [0.1, 0.15) is 6.04 Å². The van der Waals surface area contributed by atoms with Crippen molar-refractivity contribution in [1.29, 1.82) is 0 Å². The number of fused-ring (bicyclic) bond motifs is 1. The summed E-state index contributed by atoms with van der Waals surface area (Å²) in [7, 11) is 2.48. The maximum absolute atomic E-state index is 12.5. The van der Waals surface area contributed by atoms with Gasteiger partial charge in [0.15, 0.2) is 0 Å². The highest BCUT2D eigenvalue weighted by Gasteiger charge is 2.24. The lowest BCUT2D eigenvalue weighted by molar-refractivity contribution is -0.144. The van der Waals surface area contributed by atoms with Crippen molar-refractivity contribution < 1.29 is 23.9 Å². The van der Waals surface area contributed by atoms with E-state index in [0.717, 1.165) is 5.39 Å². The Labute approximate surface area is 139 Å². The summed E-state index contributed by atoms with van der Waals surface area (Å²) in [6.45, 7) is 0. The Bertz CT molecular complexity index is 754. The number of pyridine rings is 1. The summed E-state index contributed by atoms with van der Waals surface area (Å²) >= 11 is 0. The molecule has 0 aliphatic carbocycles. The Hall–Kier alpha value is -2.96. The molecule has 1 amide bonds. The largest absolute Gasteiger partial charge is 0.469 e. The molecule has 1 atom stereocenters. The van der Waals surface area contributed by atoms with Gasteiger partial charge < -0.3 is 14.8 Å². The van der Waals surface area contributed by atoms with E-state index in [2.05, 4.69) is 19.8 Å². The standard InChI is InChI=1S/C17H18N2O5/c1-23-14(20)9-8-13(17(22)24-2)19-16(21)12-7-3-5-11-6-4-10-18-15(11)12/h3-7,10,13H,8-9H2,1-2H3,(H,19,21)/t13-/m1/s1. The Morgan fingerprint density at radius 3 is 2.58 bits per heavy atom. The fraction of sp³-hybridized carbons (Fsp3) is 0.294. The van der Waals surface area contributed by atoms with E-state index in [1.54, 1.807) is 24.4 Å². The van der Waals surface area contributed by atoms with Crippen LogP contribution in [0.1, 0.15) is 23.2 Å². The van der Waals surface area contributed by atoms with Crippen molar-refractivity contribution in [1.82, 2.24) is 10.3 Å². The second-order valence-corrected chi connectivity index (χ2v) is 5.04. The van der Waals surface area contributed by atoms with Gasteiger partial charge in [-0.05, 0) is 18.6 Å². The topological polar surface area (TPSA) is 94.6 Å². The predicted octanol–water partition coefficient (Wildman–Crippen LogP) is 1.46. The lowest BCUT2D eigenvalue weighted by Gasteiger charge is -2.16. The summed E-state index contributed by atoms with van der Waals surface area (Å²) in [5.74, 6) is -1.55. The number of aromatic nitrogens is 1. The number of carbonyl (C=O) groups is 3. The van der Waals surface area contributed by atoms with Crippen LogP contribution in [0.4, 0.5) is 0 Å². The van der Waals surface area contributed by atoms with E-state index in [4.69, 9.17) is 0 Å². The van der Waals surface area contributed by atoms with Crippen LogP contribution in [0.15, 0.2) is 36.5 Å². The molecule has 1 aromatic heterocycles. The van der Waals surface area contributed by atoms with Gasteiger partial charge in [-0.3, -0.25) is 14.6 Å². The summed E-state index contributed by atoms with van der Waals surface area (Å²) in [4.78, 5) is 39.8. The minimum Gasteiger partial charge on any atom is -0.469 e. The Kier molecular flexibility index (Phi) is 5.83. The van der Waals surface area contributed by atoms with Gasteiger partial charge in [0.25, 0.3) is 5.91 Å². The normalized spacial score (nSPS) is 11.6. The van der Waals surface area contributed by atoms with Crippen LogP contribution in [0.2, 0.25) is 0 Å². The lowest BCUT2D eigenvalue weighted by Crippen LogP contribution is -2.42. The highest BCUT2D eigenvalue weighted by atomic mass is 16.5. The van der Waals surface area contributed by atoms with Crippen LogP contribution in [0.5, 0.6) is 0 Å². The quantitative estimate of drug-likeness (QED) is 0.806. The van der Waals surface area contributed by atoms with Crippen LogP contribution in [0.25, 0.3) is 10.9 Å². The first kappa shape index (κ1) is 17.4. The first-order valence-corrected chi connectivity index (χ1v) is 7.36. The van der Waals surface area contributed by atoms with E-state index >= 15 is 0 Å². The van der Waals surface area contributed by atoms with E-state index in [9.17, 15) is 14.4 Å². The zero-order valence-corrected chi connectivity index (χ0v) is 13.4. The molecule has 0 fully saturated rings. The molecule has 0 saturated carbocycles. The van der Waals surface area contributed by atoms with Crippen LogP contribution in [-0.4, -0.2) is 43.1 Å². The molecular formula is C17H18N2O5. The molecule has 126 valence electrons. The SMILES string of the molecule is COC(=O)CC[C@@H](NC(=O)c1cccc2cccnc12)C(=O)OC. The fourth-order valence-electron chi connectivity index (χ4n) is 2.28. The van der Waals surface area contributed by atoms with Gasteiger partial charge in [0.2, 0.25) is 0 Å². The van der Waals surface area contributed by atoms with E-state index < -0.39 is 23.9 Å². The molecule has 2 aromatic rings. The zero-order chi connectivity index (χ0) is 17.5. The van der Waals surface area contributed by atoms with Crippen molar-refractivity contribution >= 4 is 28.7 Å². The Morgan fingerprint density at radius 1 is 1.12 bits per heavy atom. The number of para-hydroxylation sites is 1. The van der Waals surface area contributed by atoms with Gasteiger partial charge in [0, 0.05) is 18.0 Å². The van der Waals surface area contributed by atoms with E-state index in [-0.39, 0.29) is 12.8 Å². The second-order valence-electron chi connectivity index (χ2n) is 5.04. The van der Waals surface area contributed by atoms with Crippen LogP contribution in [0, 0.1) is 0 Å². The van der Waals surface area contributed by atoms with E-state index in [0.29, 0.717) is 11.1 Å². The summed E-state index contributed by atoms with van der Waals surface area (Å²) in [5.41, 5.74) is 0.883. The fourth-order valence-corrected chi connectivity index (χ4v) is 2.28. The molecule has 7 nitrogen and oxygen atoms in total. The maximum atomic E-state index is 12.5. The molecule has 0 bridgehead atoms. The number of hydrogen-bond acceptors (Lipinski definition) is 6. The van der Waals surface area contributed by atoms with Crippen LogP contribution in [0.3, 0.4) is 0 Å². The molecule has 1 heterocycles. The summed E-state index contributed by atoms with van der Waals surface area (Å²) < 4.78 is 9.23. The van der Waals surface area contributed by atoms with Crippen LogP contribution < -0.4 is 5.32 Å². The highest BCUT2D eigenvalue weighted by molar-refractivity contribution is 6.06. The minimum atomic E-state index is -0.944. The summed E-state index contributed by atoms with van der Waals surface area (Å²) in [6, 6.07) is 7.88. The molecule has 0 unspecified atom stereocenters. The number of carbonyl (C=O) groups excluding carboxylic acids is 3. The number of hydrogen-bond donors (Lipinski definition) is 1. The van der Waals surface area contributed by atoms with E-state index in [1.165, 1.54) is 14.2 Å². The van der Waals surface area contributed by atoms with Gasteiger partial charge in [0.05, 0.1) is 25.3 Å². The van der Waals surface area contributed by atoms with Gasteiger partial charge in [-0.25, -0.2) is 4.79 Å². The molecule has 24 heavy (non-hydrogen) atoms. The number of nitrogens with one attached hydrogen (secondary N) is 1. The second kappa shape index (κ2) is 8.05. The third-order valence-corrected chi connectivity index (χ3v) is 3.53. The summed E-state index contributed by atoms with van der Waals surface area (Å²) in [5, 5.41) is 3.41. The van der Waals surface area contributed by atoms with Gasteiger partial charge in [-0.1, -0.05) is 18.2 Å². The van der Waals surface area contributed by atoms with Crippen LogP contribution in [-0.2, 0) is 19.1 Å². The van der Waals surface area contributed by atoms with Gasteiger partial charge >= 0.3 is 11.9 Å². The number of amides is 1. The first-order valence-electron chi connectivity index (χ1n) is 7.36. The van der Waals surface area contributed by atoms with Crippen molar-refractivity contribution in [2.45, 2.75) is 18.9 Å². The van der Waals surface area contributed by atoms with Gasteiger partial charge in [-0.15, -0.1) is 0 Å². The Balaban J connectivity index is 2.19. The van der Waals surface area contributed by atoms with Crippen molar-refractivity contribution in [2.24, 2.45) is 0 Å². The molecule has 0 aliphatic heterocycles. The maximum Gasteiger partial charge on any atom is 0.328 e. The number of methoxy groups -OCH3 is 2. The van der Waals surface area contributed by atoms with Gasteiger partial charge in [-0.2, -0.15) is 0 Å². The average molecular weight is 330 g/mol.